The summed E-state index contributed by atoms with van der Waals surface area (Å²) < 4.78 is 34.9. The van der Waals surface area contributed by atoms with Crippen LogP contribution in [-0.4, -0.2) is 28.2 Å². The van der Waals surface area contributed by atoms with E-state index in [9.17, 15) is 8.42 Å². The summed E-state index contributed by atoms with van der Waals surface area (Å²) in [6.45, 7) is 5.86. The van der Waals surface area contributed by atoms with Crippen molar-refractivity contribution in [1.29, 1.82) is 0 Å². The van der Waals surface area contributed by atoms with Gasteiger partial charge in [-0.15, -0.1) is 0 Å². The van der Waals surface area contributed by atoms with Gasteiger partial charge in [0.25, 0.3) is 9.05 Å². The number of halogens is 1. The number of rotatable bonds is 17. The Morgan fingerprint density at radius 3 is 2.14 bits per heavy atom. The highest BCUT2D eigenvalue weighted by molar-refractivity contribution is 8.13. The molecular weight excluding hydrogens is 396 g/mol. The third kappa shape index (κ3) is 11.3. The fourth-order valence-corrected chi connectivity index (χ4v) is 4.05. The molecule has 0 aliphatic heterocycles. The Kier molecular flexibility index (Phi) is 13.6. The van der Waals surface area contributed by atoms with Crippen molar-refractivity contribution in [3.63, 3.8) is 0 Å². The van der Waals surface area contributed by atoms with Crippen LogP contribution in [0.4, 0.5) is 0 Å². The zero-order valence-electron chi connectivity index (χ0n) is 17.6. The third-order valence-corrected chi connectivity index (χ3v) is 6.08. The Morgan fingerprint density at radius 2 is 1.46 bits per heavy atom. The Balaban J connectivity index is 2.49. The zero-order chi connectivity index (χ0) is 20.7. The standard InChI is InChI=1S/C22H37ClO4S/c1-3-5-7-9-10-11-13-20-14-15-22(28(23,24)25)21(19-20)27-18-17-26-16-12-8-6-4-2/h14-15,19H,3-13,16-18H2,1-2H3. The highest BCUT2D eigenvalue weighted by Crippen LogP contribution is 2.29. The van der Waals surface area contributed by atoms with Gasteiger partial charge in [-0.05, 0) is 37.0 Å². The molecule has 1 aromatic rings. The van der Waals surface area contributed by atoms with Crippen LogP contribution in [0.5, 0.6) is 5.75 Å². The van der Waals surface area contributed by atoms with E-state index in [0.29, 0.717) is 25.6 Å². The van der Waals surface area contributed by atoms with Crippen molar-refractivity contribution >= 4 is 19.7 Å². The molecule has 0 aliphatic carbocycles. The molecule has 0 radical (unpaired) electrons. The molecule has 1 aromatic carbocycles. The number of benzene rings is 1. The predicted molar refractivity (Wildman–Crippen MR) is 117 cm³/mol. The fraction of sp³-hybridized carbons (Fsp3) is 0.727. The van der Waals surface area contributed by atoms with Crippen molar-refractivity contribution in [1.82, 2.24) is 0 Å². The van der Waals surface area contributed by atoms with Gasteiger partial charge in [0.2, 0.25) is 0 Å². The second-order valence-corrected chi connectivity index (χ2v) is 9.79. The van der Waals surface area contributed by atoms with Crippen molar-refractivity contribution in [2.24, 2.45) is 0 Å². The van der Waals surface area contributed by atoms with Crippen molar-refractivity contribution < 1.29 is 17.9 Å². The summed E-state index contributed by atoms with van der Waals surface area (Å²) in [7, 11) is 1.73. The zero-order valence-corrected chi connectivity index (χ0v) is 19.1. The van der Waals surface area contributed by atoms with E-state index >= 15 is 0 Å². The second-order valence-electron chi connectivity index (χ2n) is 7.26. The second kappa shape index (κ2) is 15.1. The number of hydrogen-bond donors (Lipinski definition) is 0. The van der Waals surface area contributed by atoms with E-state index in [-0.39, 0.29) is 4.90 Å². The van der Waals surface area contributed by atoms with Crippen LogP contribution < -0.4 is 4.74 Å². The maximum absolute atomic E-state index is 11.8. The maximum atomic E-state index is 11.8. The summed E-state index contributed by atoms with van der Waals surface area (Å²) in [5.74, 6) is 0.327. The molecule has 0 saturated heterocycles. The van der Waals surface area contributed by atoms with Gasteiger partial charge in [-0.2, -0.15) is 0 Å². The van der Waals surface area contributed by atoms with Crippen molar-refractivity contribution in [2.45, 2.75) is 89.4 Å². The minimum Gasteiger partial charge on any atom is -0.490 e. The lowest BCUT2D eigenvalue weighted by atomic mass is 10.0. The molecule has 162 valence electrons. The first-order valence-electron chi connectivity index (χ1n) is 10.8. The van der Waals surface area contributed by atoms with Gasteiger partial charge in [0.05, 0.1) is 6.61 Å². The number of aryl methyl sites for hydroxylation is 1. The summed E-state index contributed by atoms with van der Waals surface area (Å²) in [4.78, 5) is 0.0313. The van der Waals surface area contributed by atoms with E-state index < -0.39 is 9.05 Å². The molecule has 0 heterocycles. The van der Waals surface area contributed by atoms with Crippen LogP contribution in [0.2, 0.25) is 0 Å². The molecule has 0 atom stereocenters. The van der Waals surface area contributed by atoms with Gasteiger partial charge >= 0.3 is 0 Å². The normalized spacial score (nSPS) is 11.7. The van der Waals surface area contributed by atoms with E-state index in [1.807, 2.05) is 12.1 Å². The molecule has 0 aliphatic rings. The maximum Gasteiger partial charge on any atom is 0.264 e. The Labute approximate surface area is 176 Å². The average molecular weight is 433 g/mol. The van der Waals surface area contributed by atoms with Crippen molar-refractivity contribution in [3.8, 4) is 5.75 Å². The van der Waals surface area contributed by atoms with E-state index in [4.69, 9.17) is 20.2 Å². The van der Waals surface area contributed by atoms with Gasteiger partial charge in [0.15, 0.2) is 0 Å². The van der Waals surface area contributed by atoms with Gasteiger partial charge in [0, 0.05) is 17.3 Å². The van der Waals surface area contributed by atoms with Gasteiger partial charge in [0.1, 0.15) is 17.3 Å². The van der Waals surface area contributed by atoms with Crippen LogP contribution in [0.1, 0.15) is 83.6 Å². The highest BCUT2D eigenvalue weighted by atomic mass is 35.7. The molecule has 0 unspecified atom stereocenters. The molecule has 0 aromatic heterocycles. The van der Waals surface area contributed by atoms with Crippen LogP contribution in [0.25, 0.3) is 0 Å². The minimum atomic E-state index is -3.84. The van der Waals surface area contributed by atoms with Gasteiger partial charge < -0.3 is 9.47 Å². The topological polar surface area (TPSA) is 52.6 Å². The molecule has 0 N–H and O–H groups in total. The first-order chi connectivity index (χ1) is 13.5. The van der Waals surface area contributed by atoms with Crippen molar-refractivity contribution in [3.05, 3.63) is 23.8 Å². The molecule has 4 nitrogen and oxygen atoms in total. The lowest BCUT2D eigenvalue weighted by molar-refractivity contribution is 0.0961. The summed E-state index contributed by atoms with van der Waals surface area (Å²) in [5, 5.41) is 0. The lowest BCUT2D eigenvalue weighted by Gasteiger charge is -2.12. The molecule has 6 heteroatoms. The number of unbranched alkanes of at least 4 members (excludes halogenated alkanes) is 8. The molecule has 0 saturated carbocycles. The third-order valence-electron chi connectivity index (χ3n) is 4.72. The number of ether oxygens (including phenoxy) is 2. The van der Waals surface area contributed by atoms with Crippen LogP contribution >= 0.6 is 10.7 Å². The molecule has 0 spiro atoms. The Hall–Kier alpha value is -0.780. The van der Waals surface area contributed by atoms with Crippen LogP contribution in [0.15, 0.2) is 23.1 Å². The van der Waals surface area contributed by atoms with E-state index in [1.54, 1.807) is 6.07 Å². The summed E-state index contributed by atoms with van der Waals surface area (Å²) >= 11 is 0. The fourth-order valence-electron chi connectivity index (χ4n) is 3.08. The Bertz CT molecular complexity index is 631. The smallest absolute Gasteiger partial charge is 0.264 e. The van der Waals surface area contributed by atoms with E-state index in [0.717, 1.165) is 24.8 Å². The van der Waals surface area contributed by atoms with Gasteiger partial charge in [-0.3, -0.25) is 0 Å². The summed E-state index contributed by atoms with van der Waals surface area (Å²) in [6.07, 6.45) is 12.9. The van der Waals surface area contributed by atoms with Crippen LogP contribution in [0, 0.1) is 0 Å². The molecular formula is C22H37ClO4S. The summed E-state index contributed by atoms with van der Waals surface area (Å²) in [6, 6.07) is 5.19. The number of hydrogen-bond acceptors (Lipinski definition) is 4. The first-order valence-corrected chi connectivity index (χ1v) is 13.1. The predicted octanol–water partition coefficient (Wildman–Crippen LogP) is 6.49. The van der Waals surface area contributed by atoms with Crippen LogP contribution in [-0.2, 0) is 20.2 Å². The van der Waals surface area contributed by atoms with E-state index in [2.05, 4.69) is 13.8 Å². The largest absolute Gasteiger partial charge is 0.490 e. The molecule has 0 bridgehead atoms. The van der Waals surface area contributed by atoms with Crippen molar-refractivity contribution in [2.75, 3.05) is 19.8 Å². The quantitative estimate of drug-likeness (QED) is 0.208. The summed E-state index contributed by atoms with van der Waals surface area (Å²) in [5.41, 5.74) is 1.08. The van der Waals surface area contributed by atoms with Gasteiger partial charge in [-0.25, -0.2) is 8.42 Å². The molecule has 0 amide bonds. The Morgan fingerprint density at radius 1 is 0.821 bits per heavy atom. The monoisotopic (exact) mass is 432 g/mol. The lowest BCUT2D eigenvalue weighted by Crippen LogP contribution is -2.09. The average Bonchev–Trinajstić information content (AvgIpc) is 2.66. The van der Waals surface area contributed by atoms with E-state index in [1.165, 1.54) is 51.4 Å². The molecule has 0 fully saturated rings. The highest BCUT2D eigenvalue weighted by Gasteiger charge is 2.17. The SMILES string of the molecule is CCCCCCCCc1ccc(S(=O)(=O)Cl)c(OCCOCCCCCC)c1. The first kappa shape index (κ1) is 25.3. The molecule has 1 rings (SSSR count). The van der Waals surface area contributed by atoms with Gasteiger partial charge in [-0.1, -0.05) is 71.3 Å². The minimum absolute atomic E-state index is 0.0313. The molecule has 28 heavy (non-hydrogen) atoms. The van der Waals surface area contributed by atoms with Crippen LogP contribution in [0.3, 0.4) is 0 Å².